The third kappa shape index (κ3) is 4.50. The fourth-order valence-corrected chi connectivity index (χ4v) is 2.81. The van der Waals surface area contributed by atoms with Crippen LogP contribution in [0.25, 0.3) is 0 Å². The van der Waals surface area contributed by atoms with Crippen molar-refractivity contribution in [1.29, 1.82) is 0 Å². The zero-order chi connectivity index (χ0) is 19.3. The van der Waals surface area contributed by atoms with Gasteiger partial charge in [0.25, 0.3) is 11.6 Å². The number of ether oxygens (including phenoxy) is 1. The van der Waals surface area contributed by atoms with E-state index in [1.54, 1.807) is 7.11 Å². The van der Waals surface area contributed by atoms with Gasteiger partial charge in [-0.25, -0.2) is 0 Å². The Kier molecular flexibility index (Phi) is 6.54. The van der Waals surface area contributed by atoms with Gasteiger partial charge in [0, 0.05) is 23.2 Å². The topological polar surface area (TPSA) is 84.7 Å². The lowest BCUT2D eigenvalue weighted by atomic mass is 10.0. The van der Waals surface area contributed by atoms with Crippen molar-refractivity contribution in [3.63, 3.8) is 0 Å². The molecule has 2 rings (SSSR count). The van der Waals surface area contributed by atoms with E-state index >= 15 is 0 Å². The maximum absolute atomic E-state index is 12.5. The van der Waals surface area contributed by atoms with Gasteiger partial charge < -0.3 is 15.0 Å². The molecule has 0 spiro atoms. The van der Waals surface area contributed by atoms with Crippen LogP contribution in [0.2, 0.25) is 5.02 Å². The Morgan fingerprint density at radius 2 is 2.00 bits per heavy atom. The smallest absolute Gasteiger partial charge is 0.283 e. The summed E-state index contributed by atoms with van der Waals surface area (Å²) >= 11 is 5.79. The number of hydrogen-bond donors (Lipinski definition) is 1. The van der Waals surface area contributed by atoms with E-state index in [0.29, 0.717) is 5.75 Å². The SMILES string of the molecule is COc1ccccc1C(CNC(=O)c1ccc(Cl)cc1[N+](=O)[O-])N(C)C. The van der Waals surface area contributed by atoms with E-state index in [1.807, 2.05) is 43.3 Å². The first-order chi connectivity index (χ1) is 12.3. The number of amides is 1. The lowest BCUT2D eigenvalue weighted by Crippen LogP contribution is -2.35. The summed E-state index contributed by atoms with van der Waals surface area (Å²) in [7, 11) is 5.35. The number of hydrogen-bond acceptors (Lipinski definition) is 5. The standard InChI is InChI=1S/C18H20ClN3O4/c1-21(2)16(13-6-4-5-7-17(13)26-3)11-20-18(23)14-9-8-12(19)10-15(14)22(24)25/h4-10,16H,11H2,1-3H3,(H,20,23). The van der Waals surface area contributed by atoms with Gasteiger partial charge in [-0.1, -0.05) is 29.8 Å². The van der Waals surface area contributed by atoms with Crippen molar-refractivity contribution in [2.75, 3.05) is 27.7 Å². The summed E-state index contributed by atoms with van der Waals surface area (Å²) in [4.78, 5) is 25.0. The number of carbonyl (C=O) groups excluding carboxylic acids is 1. The molecule has 7 nitrogen and oxygen atoms in total. The fourth-order valence-electron chi connectivity index (χ4n) is 2.64. The van der Waals surface area contributed by atoms with Gasteiger partial charge in [0.1, 0.15) is 11.3 Å². The Morgan fingerprint density at radius 3 is 2.62 bits per heavy atom. The Hall–Kier alpha value is -2.64. The van der Waals surface area contributed by atoms with Gasteiger partial charge in [0.15, 0.2) is 0 Å². The van der Waals surface area contributed by atoms with Crippen LogP contribution in [0.3, 0.4) is 0 Å². The van der Waals surface area contributed by atoms with E-state index in [4.69, 9.17) is 16.3 Å². The van der Waals surface area contributed by atoms with Crippen LogP contribution in [0.15, 0.2) is 42.5 Å². The molecular formula is C18H20ClN3O4. The summed E-state index contributed by atoms with van der Waals surface area (Å²) in [5.74, 6) is 0.174. The largest absolute Gasteiger partial charge is 0.496 e. The number of nitrogens with one attached hydrogen (secondary N) is 1. The molecule has 2 aromatic rings. The van der Waals surface area contributed by atoms with Gasteiger partial charge in [-0.15, -0.1) is 0 Å². The minimum absolute atomic E-state index is 0.0306. The molecule has 0 fully saturated rings. The molecule has 1 N–H and O–H groups in total. The van der Waals surface area contributed by atoms with Crippen molar-refractivity contribution in [2.45, 2.75) is 6.04 Å². The van der Waals surface area contributed by atoms with Crippen molar-refractivity contribution in [3.8, 4) is 5.75 Å². The summed E-state index contributed by atoms with van der Waals surface area (Å²) in [6.07, 6.45) is 0. The average molecular weight is 378 g/mol. The maximum Gasteiger partial charge on any atom is 0.283 e. The lowest BCUT2D eigenvalue weighted by molar-refractivity contribution is -0.385. The number of para-hydroxylation sites is 1. The Bertz CT molecular complexity index is 811. The monoisotopic (exact) mass is 377 g/mol. The van der Waals surface area contributed by atoms with Crippen molar-refractivity contribution >= 4 is 23.2 Å². The van der Waals surface area contributed by atoms with Gasteiger partial charge in [0.05, 0.1) is 18.1 Å². The summed E-state index contributed by atoms with van der Waals surface area (Å²) in [6.45, 7) is 0.256. The second kappa shape index (κ2) is 8.64. The Morgan fingerprint density at radius 1 is 1.31 bits per heavy atom. The number of nitro benzene ring substituents is 1. The first-order valence-electron chi connectivity index (χ1n) is 7.86. The van der Waals surface area contributed by atoms with E-state index in [2.05, 4.69) is 5.32 Å². The number of rotatable bonds is 7. The van der Waals surface area contributed by atoms with Crippen molar-refractivity contribution < 1.29 is 14.5 Å². The van der Waals surface area contributed by atoms with Crippen LogP contribution in [-0.4, -0.2) is 43.5 Å². The molecule has 0 aliphatic carbocycles. The molecule has 0 aliphatic heterocycles. The first-order valence-corrected chi connectivity index (χ1v) is 8.24. The first kappa shape index (κ1) is 19.7. The van der Waals surface area contributed by atoms with Gasteiger partial charge in [-0.2, -0.15) is 0 Å². The average Bonchev–Trinajstić information content (AvgIpc) is 2.61. The predicted octanol–water partition coefficient (Wildman–Crippen LogP) is 3.29. The highest BCUT2D eigenvalue weighted by Gasteiger charge is 2.23. The molecule has 1 unspecified atom stereocenters. The van der Waals surface area contributed by atoms with E-state index in [9.17, 15) is 14.9 Å². The van der Waals surface area contributed by atoms with Crippen LogP contribution in [-0.2, 0) is 0 Å². The minimum atomic E-state index is -0.621. The third-order valence-corrected chi connectivity index (χ3v) is 4.21. The third-order valence-electron chi connectivity index (χ3n) is 3.98. The van der Waals surface area contributed by atoms with Crippen LogP contribution in [0.1, 0.15) is 22.0 Å². The van der Waals surface area contributed by atoms with Crippen LogP contribution >= 0.6 is 11.6 Å². The summed E-state index contributed by atoms with van der Waals surface area (Å²) in [5.41, 5.74) is 0.552. The molecule has 1 amide bonds. The second-order valence-corrected chi connectivity index (χ2v) is 6.29. The zero-order valence-corrected chi connectivity index (χ0v) is 15.5. The molecule has 0 aliphatic rings. The fraction of sp³-hybridized carbons (Fsp3) is 0.278. The van der Waals surface area contributed by atoms with E-state index in [1.165, 1.54) is 18.2 Å². The van der Waals surface area contributed by atoms with Gasteiger partial charge >= 0.3 is 0 Å². The van der Waals surface area contributed by atoms with Crippen molar-refractivity contribution in [1.82, 2.24) is 10.2 Å². The molecule has 0 aromatic heterocycles. The molecule has 26 heavy (non-hydrogen) atoms. The molecule has 1 atom stereocenters. The molecule has 0 saturated carbocycles. The van der Waals surface area contributed by atoms with Crippen LogP contribution < -0.4 is 10.1 Å². The quantitative estimate of drug-likeness (QED) is 0.591. The number of nitro groups is 1. The molecule has 0 bridgehead atoms. The molecule has 0 saturated heterocycles. The second-order valence-electron chi connectivity index (χ2n) is 5.85. The number of halogens is 1. The van der Waals surface area contributed by atoms with E-state index in [0.717, 1.165) is 5.56 Å². The highest BCUT2D eigenvalue weighted by Crippen LogP contribution is 2.28. The molecular weight excluding hydrogens is 358 g/mol. The molecule has 138 valence electrons. The van der Waals surface area contributed by atoms with Crippen molar-refractivity contribution in [2.24, 2.45) is 0 Å². The number of likely N-dealkylation sites (N-methyl/N-ethyl adjacent to an activating group) is 1. The molecule has 8 heteroatoms. The molecule has 0 radical (unpaired) electrons. The number of benzene rings is 2. The Labute approximate surface area is 156 Å². The summed E-state index contributed by atoms with van der Waals surface area (Å²) < 4.78 is 5.39. The number of carbonyl (C=O) groups is 1. The van der Waals surface area contributed by atoms with Gasteiger partial charge in [-0.05, 0) is 32.3 Å². The maximum atomic E-state index is 12.5. The Balaban J connectivity index is 2.22. The predicted molar refractivity (Wildman–Crippen MR) is 99.9 cm³/mol. The van der Waals surface area contributed by atoms with Crippen LogP contribution in [0.4, 0.5) is 5.69 Å². The summed E-state index contributed by atoms with van der Waals surface area (Å²) in [5, 5.41) is 14.1. The highest BCUT2D eigenvalue weighted by molar-refractivity contribution is 6.31. The minimum Gasteiger partial charge on any atom is -0.496 e. The van der Waals surface area contributed by atoms with Crippen molar-refractivity contribution in [3.05, 3.63) is 68.7 Å². The van der Waals surface area contributed by atoms with E-state index < -0.39 is 10.8 Å². The zero-order valence-electron chi connectivity index (χ0n) is 14.7. The summed E-state index contributed by atoms with van der Waals surface area (Å²) in [6, 6.07) is 11.3. The van der Waals surface area contributed by atoms with E-state index in [-0.39, 0.29) is 28.9 Å². The number of nitrogens with zero attached hydrogens (tertiary/aromatic N) is 2. The van der Waals surface area contributed by atoms with Gasteiger partial charge in [-0.3, -0.25) is 14.9 Å². The molecule has 0 heterocycles. The molecule has 2 aromatic carbocycles. The number of methoxy groups -OCH3 is 1. The van der Waals surface area contributed by atoms with Gasteiger partial charge in [0.2, 0.25) is 0 Å². The lowest BCUT2D eigenvalue weighted by Gasteiger charge is -2.26. The normalized spacial score (nSPS) is 11.9. The highest BCUT2D eigenvalue weighted by atomic mass is 35.5. The van der Waals surface area contributed by atoms with Crippen LogP contribution in [0.5, 0.6) is 5.75 Å². The van der Waals surface area contributed by atoms with Crippen LogP contribution in [0, 0.1) is 10.1 Å².